The molecule has 2 rings (SSSR count). The Kier molecular flexibility index (Phi) is 3.60. The van der Waals surface area contributed by atoms with Crippen molar-refractivity contribution < 1.29 is 28.6 Å². The number of nitrogens with one attached hydrogen (secondary N) is 1. The third kappa shape index (κ3) is 2.29. The van der Waals surface area contributed by atoms with Gasteiger partial charge in [0.25, 0.3) is 5.72 Å². The molecule has 106 valence electrons. The highest BCUT2D eigenvalue weighted by Crippen LogP contribution is 2.31. The molecule has 0 saturated carbocycles. The molecule has 0 spiro atoms. The first-order valence-corrected chi connectivity index (χ1v) is 5.78. The highest BCUT2D eigenvalue weighted by atomic mass is 16.6. The van der Waals surface area contributed by atoms with Crippen molar-refractivity contribution in [2.24, 2.45) is 0 Å². The van der Waals surface area contributed by atoms with Crippen molar-refractivity contribution in [1.82, 2.24) is 0 Å². The summed E-state index contributed by atoms with van der Waals surface area (Å²) in [6, 6.07) is 6.49. The van der Waals surface area contributed by atoms with Gasteiger partial charge in [-0.15, -0.1) is 0 Å². The molecule has 1 heterocycles. The Balaban J connectivity index is 2.42. The van der Waals surface area contributed by atoms with E-state index in [0.29, 0.717) is 5.69 Å². The maximum Gasteiger partial charge on any atom is 0.372 e. The second-order valence-electron chi connectivity index (χ2n) is 4.13. The molecule has 1 atom stereocenters. The number of hydrogen-bond acceptors (Lipinski definition) is 7. The Morgan fingerprint density at radius 2 is 1.95 bits per heavy atom. The van der Waals surface area contributed by atoms with Crippen molar-refractivity contribution in [3.8, 4) is 0 Å². The van der Waals surface area contributed by atoms with Gasteiger partial charge in [0.1, 0.15) is 6.42 Å². The van der Waals surface area contributed by atoms with Gasteiger partial charge in [-0.3, -0.25) is 4.79 Å². The number of benzene rings is 1. The van der Waals surface area contributed by atoms with Crippen molar-refractivity contribution in [2.75, 3.05) is 19.5 Å². The maximum atomic E-state index is 12.0. The molecular formula is C13H13NO6. The normalized spacial score (nSPS) is 20.2. The van der Waals surface area contributed by atoms with Crippen molar-refractivity contribution >= 4 is 23.6 Å². The van der Waals surface area contributed by atoms with Crippen LogP contribution in [0.15, 0.2) is 24.3 Å². The predicted octanol–water partition coefficient (Wildman–Crippen LogP) is 0.701. The zero-order valence-electron chi connectivity index (χ0n) is 11.0. The molecule has 1 N–H and O–H groups in total. The standard InChI is InChI=1S/C13H13NO6/c1-18-10(15)7-13(12(17)19-2)14-9-6-4-3-5-8(9)11(16)20-13/h3-6,14H,7H2,1-2H3/t13-/m1/s1. The summed E-state index contributed by atoms with van der Waals surface area (Å²) in [4.78, 5) is 35.4. The van der Waals surface area contributed by atoms with Crippen LogP contribution in [-0.4, -0.2) is 37.9 Å². The molecule has 1 aliphatic rings. The fourth-order valence-corrected chi connectivity index (χ4v) is 1.91. The lowest BCUT2D eigenvalue weighted by Gasteiger charge is -2.35. The quantitative estimate of drug-likeness (QED) is 0.643. The molecule has 1 aliphatic heterocycles. The van der Waals surface area contributed by atoms with Gasteiger partial charge in [0, 0.05) is 0 Å². The minimum Gasteiger partial charge on any atom is -0.469 e. The van der Waals surface area contributed by atoms with E-state index in [0.717, 1.165) is 7.11 Å². The van der Waals surface area contributed by atoms with Crippen LogP contribution in [0.3, 0.4) is 0 Å². The Labute approximate surface area is 114 Å². The number of para-hydroxylation sites is 1. The maximum absolute atomic E-state index is 12.0. The molecular weight excluding hydrogens is 266 g/mol. The van der Waals surface area contributed by atoms with Gasteiger partial charge in [0.2, 0.25) is 0 Å². The van der Waals surface area contributed by atoms with Crippen LogP contribution in [0.5, 0.6) is 0 Å². The Hall–Kier alpha value is -2.57. The van der Waals surface area contributed by atoms with Crippen LogP contribution in [0.2, 0.25) is 0 Å². The number of hydrogen-bond donors (Lipinski definition) is 1. The minimum atomic E-state index is -1.91. The third-order valence-electron chi connectivity index (χ3n) is 2.89. The minimum absolute atomic E-state index is 0.275. The second-order valence-corrected chi connectivity index (χ2v) is 4.13. The summed E-state index contributed by atoms with van der Waals surface area (Å²) in [6.07, 6.45) is -0.490. The summed E-state index contributed by atoms with van der Waals surface area (Å²) in [5, 5.41) is 2.74. The lowest BCUT2D eigenvalue weighted by atomic mass is 10.0. The monoisotopic (exact) mass is 279 g/mol. The van der Waals surface area contributed by atoms with Crippen LogP contribution < -0.4 is 5.32 Å². The number of carbonyl (C=O) groups excluding carboxylic acids is 3. The van der Waals surface area contributed by atoms with E-state index in [-0.39, 0.29) is 5.56 Å². The van der Waals surface area contributed by atoms with Crippen molar-refractivity contribution in [3.05, 3.63) is 29.8 Å². The highest BCUT2D eigenvalue weighted by Gasteiger charge is 2.50. The van der Waals surface area contributed by atoms with Gasteiger partial charge in [0.15, 0.2) is 0 Å². The molecule has 0 amide bonds. The first kappa shape index (κ1) is 13.9. The number of cyclic esters (lactones) is 1. The molecule has 0 radical (unpaired) electrons. The van der Waals surface area contributed by atoms with Crippen LogP contribution in [0.1, 0.15) is 16.8 Å². The van der Waals surface area contributed by atoms with Crippen LogP contribution >= 0.6 is 0 Å². The molecule has 1 aromatic carbocycles. The molecule has 20 heavy (non-hydrogen) atoms. The largest absolute Gasteiger partial charge is 0.469 e. The van der Waals surface area contributed by atoms with E-state index in [1.54, 1.807) is 24.3 Å². The van der Waals surface area contributed by atoms with E-state index < -0.39 is 30.1 Å². The fraction of sp³-hybridized carbons (Fsp3) is 0.308. The molecule has 0 saturated heterocycles. The molecule has 7 heteroatoms. The molecule has 0 fully saturated rings. The van der Waals surface area contributed by atoms with Gasteiger partial charge in [-0.25, -0.2) is 9.59 Å². The van der Waals surface area contributed by atoms with Crippen LogP contribution in [0.25, 0.3) is 0 Å². The van der Waals surface area contributed by atoms with Gasteiger partial charge in [-0.05, 0) is 12.1 Å². The van der Waals surface area contributed by atoms with E-state index in [1.165, 1.54) is 7.11 Å². The summed E-state index contributed by atoms with van der Waals surface area (Å²) < 4.78 is 14.2. The highest BCUT2D eigenvalue weighted by molar-refractivity contribution is 6.02. The van der Waals surface area contributed by atoms with Crippen molar-refractivity contribution in [3.63, 3.8) is 0 Å². The van der Waals surface area contributed by atoms with E-state index in [1.807, 2.05) is 0 Å². The van der Waals surface area contributed by atoms with Gasteiger partial charge in [-0.2, -0.15) is 0 Å². The van der Waals surface area contributed by atoms with E-state index >= 15 is 0 Å². The van der Waals surface area contributed by atoms with Gasteiger partial charge >= 0.3 is 17.9 Å². The van der Waals surface area contributed by atoms with Crippen LogP contribution in [0, 0.1) is 0 Å². The fourth-order valence-electron chi connectivity index (χ4n) is 1.91. The topological polar surface area (TPSA) is 90.9 Å². The third-order valence-corrected chi connectivity index (χ3v) is 2.89. The molecule has 1 aromatic rings. The summed E-state index contributed by atoms with van der Waals surface area (Å²) in [5.74, 6) is -2.31. The Bertz CT molecular complexity index is 570. The van der Waals surface area contributed by atoms with Gasteiger partial charge < -0.3 is 19.5 Å². The molecule has 0 aliphatic carbocycles. The molecule has 0 bridgehead atoms. The van der Waals surface area contributed by atoms with Crippen LogP contribution in [-0.2, 0) is 23.8 Å². The number of anilines is 1. The number of methoxy groups -OCH3 is 2. The predicted molar refractivity (Wildman–Crippen MR) is 66.9 cm³/mol. The zero-order chi connectivity index (χ0) is 14.8. The number of ether oxygens (including phenoxy) is 3. The number of carbonyl (C=O) groups is 3. The smallest absolute Gasteiger partial charge is 0.372 e. The average molecular weight is 279 g/mol. The Morgan fingerprint density at radius 1 is 1.25 bits per heavy atom. The van der Waals surface area contributed by atoms with E-state index in [2.05, 4.69) is 14.8 Å². The number of fused-ring (bicyclic) bond motifs is 1. The van der Waals surface area contributed by atoms with E-state index in [4.69, 9.17) is 4.74 Å². The SMILES string of the molecule is COC(=O)C[C@@]1(C(=O)OC)Nc2ccccc2C(=O)O1. The van der Waals surface area contributed by atoms with Gasteiger partial charge in [0.05, 0.1) is 25.5 Å². The lowest BCUT2D eigenvalue weighted by Crippen LogP contribution is -2.55. The van der Waals surface area contributed by atoms with Crippen molar-refractivity contribution in [2.45, 2.75) is 12.1 Å². The average Bonchev–Trinajstić information content (AvgIpc) is 2.46. The van der Waals surface area contributed by atoms with E-state index in [9.17, 15) is 14.4 Å². The summed E-state index contributed by atoms with van der Waals surface area (Å²) in [6.45, 7) is 0. The summed E-state index contributed by atoms with van der Waals surface area (Å²) in [7, 11) is 2.31. The number of rotatable bonds is 3. The zero-order valence-corrected chi connectivity index (χ0v) is 11.0. The summed E-state index contributed by atoms with van der Waals surface area (Å²) >= 11 is 0. The van der Waals surface area contributed by atoms with Gasteiger partial charge in [-0.1, -0.05) is 12.1 Å². The number of esters is 3. The first-order chi connectivity index (χ1) is 9.52. The molecule has 0 aromatic heterocycles. The first-order valence-electron chi connectivity index (χ1n) is 5.78. The summed E-state index contributed by atoms with van der Waals surface area (Å²) in [5.41, 5.74) is -1.25. The molecule has 0 unspecified atom stereocenters. The van der Waals surface area contributed by atoms with Crippen molar-refractivity contribution in [1.29, 1.82) is 0 Å². The Morgan fingerprint density at radius 3 is 2.60 bits per heavy atom. The molecule has 7 nitrogen and oxygen atoms in total. The lowest BCUT2D eigenvalue weighted by molar-refractivity contribution is -0.167. The van der Waals surface area contributed by atoms with Crippen LogP contribution in [0.4, 0.5) is 5.69 Å². The second kappa shape index (κ2) is 5.20.